The van der Waals surface area contributed by atoms with Crippen molar-refractivity contribution in [3.05, 3.63) is 58.7 Å². The van der Waals surface area contributed by atoms with Crippen LogP contribution in [0.15, 0.2) is 47.5 Å². The van der Waals surface area contributed by atoms with Crippen molar-refractivity contribution in [2.24, 2.45) is 5.92 Å². The molecule has 196 valence electrons. The molecule has 0 saturated carbocycles. The number of carbonyl (C=O) groups excluding carboxylic acids is 1. The van der Waals surface area contributed by atoms with Crippen LogP contribution < -0.4 is 9.47 Å². The van der Waals surface area contributed by atoms with Crippen LogP contribution in [0.4, 0.5) is 0 Å². The summed E-state index contributed by atoms with van der Waals surface area (Å²) in [6.07, 6.45) is 1.83. The molecule has 10 nitrogen and oxygen atoms in total. The van der Waals surface area contributed by atoms with Gasteiger partial charge in [-0.15, -0.1) is 0 Å². The zero-order chi connectivity index (χ0) is 27.2. The van der Waals surface area contributed by atoms with E-state index in [-0.39, 0.29) is 41.5 Å². The highest BCUT2D eigenvalue weighted by Crippen LogP contribution is 2.37. The first-order valence-electron chi connectivity index (χ1n) is 11.8. The van der Waals surface area contributed by atoms with Crippen LogP contribution in [0.5, 0.6) is 23.0 Å². The number of nitrogens with zero attached hydrogens (tertiary/aromatic N) is 2. The summed E-state index contributed by atoms with van der Waals surface area (Å²) < 4.78 is 27.5. The molecule has 2 aromatic carbocycles. The van der Waals surface area contributed by atoms with Crippen LogP contribution in [0.2, 0.25) is 0 Å². The largest absolute Gasteiger partial charge is 0.504 e. The van der Waals surface area contributed by atoms with Gasteiger partial charge in [0.05, 0.1) is 39.6 Å². The second kappa shape index (κ2) is 11.7. The van der Waals surface area contributed by atoms with E-state index in [0.29, 0.717) is 35.5 Å². The predicted octanol–water partition coefficient (Wildman–Crippen LogP) is 3.34. The van der Waals surface area contributed by atoms with E-state index in [0.717, 1.165) is 0 Å². The average molecular weight is 519 g/mol. The molecule has 0 bridgehead atoms. The minimum atomic E-state index is -0.820. The summed E-state index contributed by atoms with van der Waals surface area (Å²) in [7, 11) is 2.84. The van der Waals surface area contributed by atoms with Gasteiger partial charge in [-0.25, -0.2) is 4.79 Å². The van der Waals surface area contributed by atoms with Gasteiger partial charge in [0.15, 0.2) is 29.1 Å². The van der Waals surface area contributed by atoms with E-state index < -0.39 is 18.2 Å². The summed E-state index contributed by atoms with van der Waals surface area (Å²) in [6, 6.07) is 13.3. The molecule has 0 aromatic heterocycles. The summed E-state index contributed by atoms with van der Waals surface area (Å²) in [4.78, 5) is 12.7. The molecule has 0 aliphatic carbocycles. The average Bonchev–Trinajstić information content (AvgIpc) is 3.51. The standard InChI is InChI=1S/C28H26N2O8/c1-34-23-10-16(3-5-21(23)31)7-18(12-29)9-20-14-36-27-25(15-37-26(20)27)38-28(33)19(13-30)8-17-4-6-22(32)24(11-17)35-2/h3-8,10-11,20,25-27,31-32H,9,14-15H2,1-2H3/t20-,25+,26+,27+/m0/s1. The molecule has 38 heavy (non-hydrogen) atoms. The molecule has 0 radical (unpaired) electrons. The number of esters is 1. The van der Waals surface area contributed by atoms with Crippen molar-refractivity contribution in [3.63, 3.8) is 0 Å². The number of phenols is 2. The minimum Gasteiger partial charge on any atom is -0.504 e. The first kappa shape index (κ1) is 26.6. The van der Waals surface area contributed by atoms with Gasteiger partial charge in [0, 0.05) is 11.5 Å². The van der Waals surface area contributed by atoms with Crippen LogP contribution >= 0.6 is 0 Å². The molecule has 0 unspecified atom stereocenters. The fourth-order valence-corrected chi connectivity index (χ4v) is 4.51. The molecule has 0 spiro atoms. The van der Waals surface area contributed by atoms with Gasteiger partial charge < -0.3 is 33.9 Å². The van der Waals surface area contributed by atoms with E-state index in [1.165, 1.54) is 44.6 Å². The Labute approximate surface area is 219 Å². The summed E-state index contributed by atoms with van der Waals surface area (Å²) in [6.45, 7) is 0.416. The first-order valence-corrected chi connectivity index (χ1v) is 11.8. The van der Waals surface area contributed by atoms with Crippen molar-refractivity contribution in [2.45, 2.75) is 24.7 Å². The molecule has 2 aromatic rings. The van der Waals surface area contributed by atoms with Crippen molar-refractivity contribution < 1.29 is 38.7 Å². The zero-order valence-corrected chi connectivity index (χ0v) is 20.8. The van der Waals surface area contributed by atoms with Gasteiger partial charge in [-0.3, -0.25) is 0 Å². The number of fused-ring (bicyclic) bond motifs is 1. The Balaban J connectivity index is 1.41. The van der Waals surface area contributed by atoms with E-state index in [4.69, 9.17) is 23.7 Å². The van der Waals surface area contributed by atoms with E-state index >= 15 is 0 Å². The normalized spacial score (nSPS) is 22.7. The Kier molecular flexibility index (Phi) is 8.17. The van der Waals surface area contributed by atoms with E-state index in [2.05, 4.69) is 6.07 Å². The molecule has 4 rings (SSSR count). The SMILES string of the molecule is COc1cc(C=C(C#N)C[C@H]2CO[C@H]3[C@@H]2OC[C@H]3OC(=O)C(C#N)=Cc2ccc(O)c(OC)c2)ccc1O. The Morgan fingerprint density at radius 2 is 1.55 bits per heavy atom. The number of allylic oxidation sites excluding steroid dienone is 1. The molecule has 0 amide bonds. The third-order valence-electron chi connectivity index (χ3n) is 6.39. The van der Waals surface area contributed by atoms with Gasteiger partial charge >= 0.3 is 5.97 Å². The summed E-state index contributed by atoms with van der Waals surface area (Å²) in [5, 5.41) is 38.7. The molecule has 2 heterocycles. The Hall–Kier alpha value is -4.51. The number of benzene rings is 2. The van der Waals surface area contributed by atoms with Crippen molar-refractivity contribution >= 4 is 18.1 Å². The monoisotopic (exact) mass is 518 g/mol. The maximum absolute atomic E-state index is 12.7. The lowest BCUT2D eigenvalue weighted by Gasteiger charge is -2.17. The molecule has 2 saturated heterocycles. The molecule has 2 N–H and O–H groups in total. The van der Waals surface area contributed by atoms with Crippen LogP contribution in [0.3, 0.4) is 0 Å². The van der Waals surface area contributed by atoms with Gasteiger partial charge in [-0.1, -0.05) is 12.1 Å². The number of phenolic OH excluding ortho intramolecular Hbond substituents is 2. The molecular formula is C28H26N2O8. The van der Waals surface area contributed by atoms with Gasteiger partial charge in [0.1, 0.15) is 17.7 Å². The number of carbonyl (C=O) groups is 1. The second-order valence-electron chi connectivity index (χ2n) is 8.82. The van der Waals surface area contributed by atoms with E-state index in [9.17, 15) is 25.5 Å². The van der Waals surface area contributed by atoms with E-state index in [1.807, 2.05) is 6.07 Å². The lowest BCUT2D eigenvalue weighted by molar-refractivity contribution is -0.148. The molecule has 2 aliphatic rings. The molecule has 2 aliphatic heterocycles. The minimum absolute atomic E-state index is 0.00679. The number of nitriles is 2. The van der Waals surface area contributed by atoms with Crippen molar-refractivity contribution in [1.82, 2.24) is 0 Å². The predicted molar refractivity (Wildman–Crippen MR) is 134 cm³/mol. The highest BCUT2D eigenvalue weighted by molar-refractivity contribution is 5.98. The van der Waals surface area contributed by atoms with Crippen molar-refractivity contribution in [1.29, 1.82) is 10.5 Å². The van der Waals surface area contributed by atoms with Gasteiger partial charge in [0.25, 0.3) is 0 Å². The fourth-order valence-electron chi connectivity index (χ4n) is 4.51. The fraction of sp³-hybridized carbons (Fsp3) is 0.321. The number of aromatic hydroxyl groups is 2. The number of methoxy groups -OCH3 is 2. The highest BCUT2D eigenvalue weighted by atomic mass is 16.6. The van der Waals surface area contributed by atoms with Crippen LogP contribution in [-0.2, 0) is 19.0 Å². The van der Waals surface area contributed by atoms with Gasteiger partial charge in [-0.05, 0) is 54.0 Å². The summed E-state index contributed by atoms with van der Waals surface area (Å²) in [5.74, 6) is -0.502. The van der Waals surface area contributed by atoms with Crippen LogP contribution in [0.25, 0.3) is 12.2 Å². The molecule has 10 heteroatoms. The van der Waals surface area contributed by atoms with Crippen LogP contribution in [0, 0.1) is 28.6 Å². The van der Waals surface area contributed by atoms with Crippen molar-refractivity contribution in [2.75, 3.05) is 27.4 Å². The second-order valence-corrected chi connectivity index (χ2v) is 8.82. The number of ether oxygens (including phenoxy) is 5. The maximum Gasteiger partial charge on any atom is 0.349 e. The van der Waals surface area contributed by atoms with Gasteiger partial charge in [-0.2, -0.15) is 10.5 Å². The maximum atomic E-state index is 12.7. The quantitative estimate of drug-likeness (QED) is 0.302. The van der Waals surface area contributed by atoms with Crippen LogP contribution in [0.1, 0.15) is 17.5 Å². The zero-order valence-electron chi connectivity index (χ0n) is 20.8. The number of hydrogen-bond donors (Lipinski definition) is 2. The van der Waals surface area contributed by atoms with Crippen LogP contribution in [-0.4, -0.2) is 61.9 Å². The van der Waals surface area contributed by atoms with Crippen molar-refractivity contribution in [3.8, 4) is 35.1 Å². The summed E-state index contributed by atoms with van der Waals surface area (Å²) in [5.41, 5.74) is 1.45. The number of hydrogen-bond acceptors (Lipinski definition) is 10. The van der Waals surface area contributed by atoms with Gasteiger partial charge in [0.2, 0.25) is 0 Å². The molecular weight excluding hydrogens is 492 g/mol. The van der Waals surface area contributed by atoms with E-state index in [1.54, 1.807) is 18.2 Å². The molecule has 2 fully saturated rings. The Morgan fingerprint density at radius 3 is 2.13 bits per heavy atom. The highest BCUT2D eigenvalue weighted by Gasteiger charge is 2.49. The lowest BCUT2D eigenvalue weighted by atomic mass is 9.93. The summed E-state index contributed by atoms with van der Waals surface area (Å²) >= 11 is 0. The smallest absolute Gasteiger partial charge is 0.349 e. The first-order chi connectivity index (χ1) is 18.4. The topological polar surface area (TPSA) is 151 Å². The Bertz CT molecular complexity index is 1350. The third kappa shape index (κ3) is 5.73. The number of rotatable bonds is 8. The lowest BCUT2D eigenvalue weighted by Crippen LogP contribution is -2.33. The molecule has 4 atom stereocenters. The third-order valence-corrected chi connectivity index (χ3v) is 6.39. The Morgan fingerprint density at radius 1 is 0.947 bits per heavy atom.